The van der Waals surface area contributed by atoms with E-state index in [4.69, 9.17) is 5.11 Å². The van der Waals surface area contributed by atoms with Gasteiger partial charge in [0, 0.05) is 18.7 Å². The minimum Gasteiger partial charge on any atom is -0.478 e. The van der Waals surface area contributed by atoms with Crippen molar-refractivity contribution in [3.05, 3.63) is 71.0 Å². The molecule has 0 aromatic heterocycles. The van der Waals surface area contributed by atoms with Gasteiger partial charge >= 0.3 is 5.97 Å². The van der Waals surface area contributed by atoms with Crippen molar-refractivity contribution in [1.82, 2.24) is 4.90 Å². The molecule has 3 rings (SSSR count). The van der Waals surface area contributed by atoms with Gasteiger partial charge < -0.3 is 10.0 Å². The summed E-state index contributed by atoms with van der Waals surface area (Å²) in [6.07, 6.45) is 1.73. The molecule has 2 aromatic rings. The van der Waals surface area contributed by atoms with Gasteiger partial charge in [0.1, 0.15) is 5.82 Å². The summed E-state index contributed by atoms with van der Waals surface area (Å²) in [5, 5.41) is 8.90. The maximum absolute atomic E-state index is 12.9. The zero-order chi connectivity index (χ0) is 17.1. The van der Waals surface area contributed by atoms with Crippen molar-refractivity contribution >= 4 is 11.9 Å². The van der Waals surface area contributed by atoms with Crippen LogP contribution in [0.4, 0.5) is 4.39 Å². The van der Waals surface area contributed by atoms with E-state index < -0.39 is 5.97 Å². The Bertz CT molecular complexity index is 740. The summed E-state index contributed by atoms with van der Waals surface area (Å²) in [7, 11) is 0. The largest absolute Gasteiger partial charge is 0.478 e. The first-order valence-corrected chi connectivity index (χ1v) is 7.90. The summed E-state index contributed by atoms with van der Waals surface area (Å²) < 4.78 is 12.9. The quantitative estimate of drug-likeness (QED) is 0.938. The van der Waals surface area contributed by atoms with Crippen LogP contribution in [0.1, 0.15) is 32.7 Å². The molecule has 1 aliphatic rings. The third kappa shape index (κ3) is 3.62. The van der Waals surface area contributed by atoms with E-state index in [1.807, 2.05) is 0 Å². The Hall–Kier alpha value is -2.69. The number of likely N-dealkylation sites (tertiary alicyclic amines) is 1. The fourth-order valence-corrected chi connectivity index (χ4v) is 3.08. The van der Waals surface area contributed by atoms with Crippen LogP contribution in [0.25, 0.3) is 0 Å². The van der Waals surface area contributed by atoms with Gasteiger partial charge in [-0.15, -0.1) is 0 Å². The van der Waals surface area contributed by atoms with Crippen molar-refractivity contribution in [2.24, 2.45) is 5.92 Å². The van der Waals surface area contributed by atoms with Crippen molar-refractivity contribution in [3.63, 3.8) is 0 Å². The smallest absolute Gasteiger partial charge is 0.335 e. The molecule has 0 saturated carbocycles. The molecule has 1 unspecified atom stereocenters. The summed E-state index contributed by atoms with van der Waals surface area (Å²) in [6, 6.07) is 12.5. The number of hydrogen-bond donors (Lipinski definition) is 1. The fraction of sp³-hybridized carbons (Fsp3) is 0.263. The number of aromatic carboxylic acids is 1. The van der Waals surface area contributed by atoms with Crippen LogP contribution in [0.15, 0.2) is 48.5 Å². The SMILES string of the molecule is O=C(O)c1ccc(C(=O)N2CCC(Cc3ccc(F)cc3)C2)cc1. The molecule has 0 spiro atoms. The summed E-state index contributed by atoms with van der Waals surface area (Å²) in [5.74, 6) is -0.965. The Morgan fingerprint density at radius 1 is 1.04 bits per heavy atom. The minimum atomic E-state index is -1.01. The Balaban J connectivity index is 1.61. The first kappa shape index (κ1) is 16.2. The Morgan fingerprint density at radius 2 is 1.67 bits per heavy atom. The Morgan fingerprint density at radius 3 is 2.29 bits per heavy atom. The summed E-state index contributed by atoms with van der Waals surface area (Å²) >= 11 is 0. The number of halogens is 1. The second-order valence-electron chi connectivity index (χ2n) is 6.12. The lowest BCUT2D eigenvalue weighted by atomic mass is 9.99. The zero-order valence-corrected chi connectivity index (χ0v) is 13.1. The number of benzene rings is 2. The number of carbonyl (C=O) groups excluding carboxylic acids is 1. The van der Waals surface area contributed by atoms with E-state index in [0.29, 0.717) is 24.6 Å². The van der Waals surface area contributed by atoms with Crippen LogP contribution in [0.3, 0.4) is 0 Å². The monoisotopic (exact) mass is 327 g/mol. The Kier molecular flexibility index (Phi) is 4.60. The zero-order valence-electron chi connectivity index (χ0n) is 13.1. The average molecular weight is 327 g/mol. The van der Waals surface area contributed by atoms with Crippen molar-refractivity contribution in [3.8, 4) is 0 Å². The highest BCUT2D eigenvalue weighted by Crippen LogP contribution is 2.23. The number of carboxylic acids is 1. The van der Waals surface area contributed by atoms with Crippen LogP contribution in [0.2, 0.25) is 0 Å². The Labute approximate surface area is 139 Å². The van der Waals surface area contributed by atoms with Crippen LogP contribution < -0.4 is 0 Å². The van der Waals surface area contributed by atoms with Gasteiger partial charge in [0.05, 0.1) is 5.56 Å². The van der Waals surface area contributed by atoms with E-state index >= 15 is 0 Å². The predicted octanol–water partition coefficient (Wildman–Crippen LogP) is 3.23. The molecule has 1 N–H and O–H groups in total. The highest BCUT2D eigenvalue weighted by molar-refractivity contribution is 5.96. The summed E-state index contributed by atoms with van der Waals surface area (Å²) in [6.45, 7) is 1.35. The van der Waals surface area contributed by atoms with Gasteiger partial charge in [-0.2, -0.15) is 0 Å². The lowest BCUT2D eigenvalue weighted by Gasteiger charge is -2.17. The van der Waals surface area contributed by atoms with E-state index in [2.05, 4.69) is 0 Å². The number of carboxylic acid groups (broad SMARTS) is 1. The van der Waals surface area contributed by atoms with E-state index in [9.17, 15) is 14.0 Å². The number of nitrogens with zero attached hydrogens (tertiary/aromatic N) is 1. The molecule has 24 heavy (non-hydrogen) atoms. The molecule has 0 aliphatic carbocycles. The molecule has 1 fully saturated rings. The highest BCUT2D eigenvalue weighted by Gasteiger charge is 2.27. The lowest BCUT2D eigenvalue weighted by Crippen LogP contribution is -2.29. The fourth-order valence-electron chi connectivity index (χ4n) is 3.08. The molecule has 0 radical (unpaired) electrons. The first-order chi connectivity index (χ1) is 11.5. The van der Waals surface area contributed by atoms with E-state index in [0.717, 1.165) is 18.4 Å². The van der Waals surface area contributed by atoms with Crippen LogP contribution in [-0.4, -0.2) is 35.0 Å². The van der Waals surface area contributed by atoms with E-state index in [1.54, 1.807) is 29.2 Å². The second kappa shape index (κ2) is 6.83. The number of amides is 1. The van der Waals surface area contributed by atoms with Crippen LogP contribution in [-0.2, 0) is 6.42 Å². The van der Waals surface area contributed by atoms with Crippen molar-refractivity contribution in [2.45, 2.75) is 12.8 Å². The van der Waals surface area contributed by atoms with Crippen molar-refractivity contribution in [1.29, 1.82) is 0 Å². The normalized spacial score (nSPS) is 17.0. The molecule has 0 bridgehead atoms. The molecule has 4 nitrogen and oxygen atoms in total. The van der Waals surface area contributed by atoms with Gasteiger partial charge in [-0.25, -0.2) is 9.18 Å². The number of hydrogen-bond acceptors (Lipinski definition) is 2. The maximum Gasteiger partial charge on any atom is 0.335 e. The van der Waals surface area contributed by atoms with E-state index in [1.165, 1.54) is 24.3 Å². The third-order valence-corrected chi connectivity index (χ3v) is 4.39. The van der Waals surface area contributed by atoms with E-state index in [-0.39, 0.29) is 17.3 Å². The molecule has 2 aromatic carbocycles. The van der Waals surface area contributed by atoms with Gasteiger partial charge in [-0.3, -0.25) is 4.79 Å². The van der Waals surface area contributed by atoms with Gasteiger partial charge in [0.25, 0.3) is 5.91 Å². The van der Waals surface area contributed by atoms with Crippen molar-refractivity contribution < 1.29 is 19.1 Å². The van der Waals surface area contributed by atoms with Crippen LogP contribution in [0.5, 0.6) is 0 Å². The summed E-state index contributed by atoms with van der Waals surface area (Å²) in [4.78, 5) is 25.2. The first-order valence-electron chi connectivity index (χ1n) is 7.90. The van der Waals surface area contributed by atoms with Gasteiger partial charge in [-0.1, -0.05) is 12.1 Å². The number of rotatable bonds is 4. The molecule has 1 amide bonds. The second-order valence-corrected chi connectivity index (χ2v) is 6.12. The third-order valence-electron chi connectivity index (χ3n) is 4.39. The molecule has 1 atom stereocenters. The minimum absolute atomic E-state index is 0.0754. The molecule has 124 valence electrons. The lowest BCUT2D eigenvalue weighted by molar-refractivity contribution is 0.0695. The van der Waals surface area contributed by atoms with Crippen molar-refractivity contribution in [2.75, 3.05) is 13.1 Å². The average Bonchev–Trinajstić information content (AvgIpc) is 3.05. The molecule has 5 heteroatoms. The topological polar surface area (TPSA) is 57.6 Å². The number of carbonyl (C=O) groups is 2. The molecule has 1 heterocycles. The molecule has 1 aliphatic heterocycles. The molecular formula is C19H18FNO3. The standard InChI is InChI=1S/C19H18FNO3/c20-17-7-1-13(2-8-17)11-14-9-10-21(12-14)18(22)15-3-5-16(6-4-15)19(23)24/h1-8,14H,9-12H2,(H,23,24). The highest BCUT2D eigenvalue weighted by atomic mass is 19.1. The maximum atomic E-state index is 12.9. The van der Waals surface area contributed by atoms with Gasteiger partial charge in [-0.05, 0) is 60.7 Å². The summed E-state index contributed by atoms with van der Waals surface area (Å²) in [5.41, 5.74) is 1.74. The molecule has 1 saturated heterocycles. The van der Waals surface area contributed by atoms with Gasteiger partial charge in [0.15, 0.2) is 0 Å². The van der Waals surface area contributed by atoms with Gasteiger partial charge in [0.2, 0.25) is 0 Å². The van der Waals surface area contributed by atoms with Crippen LogP contribution in [0, 0.1) is 11.7 Å². The van der Waals surface area contributed by atoms with Crippen LogP contribution >= 0.6 is 0 Å². The molecular weight excluding hydrogens is 309 g/mol. The predicted molar refractivity (Wildman–Crippen MR) is 87.5 cm³/mol.